The molecule has 3 N–H and O–H groups in total. The molecule has 2 rings (SSSR count). The van der Waals surface area contributed by atoms with Gasteiger partial charge in [0.15, 0.2) is 0 Å². The number of hydrogen-bond acceptors (Lipinski definition) is 3. The molecule has 0 aliphatic carbocycles. The Morgan fingerprint density at radius 2 is 2.16 bits per heavy atom. The van der Waals surface area contributed by atoms with Crippen LogP contribution in [0.15, 0.2) is 41.0 Å². The molecule has 1 heterocycles. The summed E-state index contributed by atoms with van der Waals surface area (Å²) in [6, 6.07) is 7.72. The van der Waals surface area contributed by atoms with Crippen molar-refractivity contribution in [2.45, 2.75) is 6.54 Å². The second-order valence-electron chi connectivity index (χ2n) is 3.88. The number of hydrogen-bond donors (Lipinski definition) is 2. The van der Waals surface area contributed by atoms with Crippen molar-refractivity contribution in [3.8, 4) is 0 Å². The van der Waals surface area contributed by atoms with Gasteiger partial charge in [-0.05, 0) is 35.9 Å². The molecular formula is C13H11BrFN3O. The van der Waals surface area contributed by atoms with E-state index in [9.17, 15) is 9.18 Å². The lowest BCUT2D eigenvalue weighted by Crippen LogP contribution is -2.13. The predicted molar refractivity (Wildman–Crippen MR) is 74.2 cm³/mol. The second-order valence-corrected chi connectivity index (χ2v) is 4.74. The third kappa shape index (κ3) is 3.51. The average Bonchev–Trinajstić information content (AvgIpc) is 2.40. The molecule has 0 unspecified atom stereocenters. The number of pyridine rings is 1. The number of halogens is 2. The van der Waals surface area contributed by atoms with Crippen LogP contribution in [0.1, 0.15) is 16.1 Å². The maximum Gasteiger partial charge on any atom is 0.267 e. The highest BCUT2D eigenvalue weighted by Gasteiger charge is 2.05. The smallest absolute Gasteiger partial charge is 0.267 e. The van der Waals surface area contributed by atoms with E-state index in [0.717, 1.165) is 10.0 Å². The lowest BCUT2D eigenvalue weighted by molar-refractivity contribution is 0.0995. The first-order chi connectivity index (χ1) is 9.06. The molecule has 19 heavy (non-hydrogen) atoms. The van der Waals surface area contributed by atoms with Gasteiger partial charge < -0.3 is 11.1 Å². The Hall–Kier alpha value is -1.95. The lowest BCUT2D eigenvalue weighted by atomic mass is 10.2. The van der Waals surface area contributed by atoms with Crippen LogP contribution in [0.5, 0.6) is 0 Å². The van der Waals surface area contributed by atoms with Crippen LogP contribution in [-0.2, 0) is 6.54 Å². The monoisotopic (exact) mass is 323 g/mol. The van der Waals surface area contributed by atoms with Crippen molar-refractivity contribution in [3.05, 3.63) is 58.1 Å². The molecule has 1 aromatic carbocycles. The van der Waals surface area contributed by atoms with Gasteiger partial charge in [-0.15, -0.1) is 0 Å². The number of aromatic nitrogens is 1. The molecule has 0 fully saturated rings. The van der Waals surface area contributed by atoms with E-state index in [0.29, 0.717) is 12.2 Å². The summed E-state index contributed by atoms with van der Waals surface area (Å²) < 4.78 is 13.9. The Kier molecular flexibility index (Phi) is 4.11. The van der Waals surface area contributed by atoms with Gasteiger partial charge in [0.2, 0.25) is 0 Å². The van der Waals surface area contributed by atoms with E-state index in [1.807, 2.05) is 0 Å². The second kappa shape index (κ2) is 5.79. The highest BCUT2D eigenvalue weighted by Crippen LogP contribution is 2.19. The van der Waals surface area contributed by atoms with Crippen LogP contribution in [-0.4, -0.2) is 10.9 Å². The highest BCUT2D eigenvalue weighted by atomic mass is 79.9. The van der Waals surface area contributed by atoms with Crippen LogP contribution >= 0.6 is 15.9 Å². The minimum atomic E-state index is -0.587. The van der Waals surface area contributed by atoms with Gasteiger partial charge in [0, 0.05) is 22.9 Å². The summed E-state index contributed by atoms with van der Waals surface area (Å²) >= 11 is 3.35. The van der Waals surface area contributed by atoms with Crippen molar-refractivity contribution >= 4 is 27.5 Å². The van der Waals surface area contributed by atoms with Crippen LogP contribution in [0.2, 0.25) is 0 Å². The molecule has 0 radical (unpaired) electrons. The average molecular weight is 324 g/mol. The molecule has 6 heteroatoms. The van der Waals surface area contributed by atoms with Gasteiger partial charge in [-0.2, -0.15) is 0 Å². The van der Waals surface area contributed by atoms with E-state index in [4.69, 9.17) is 5.73 Å². The zero-order valence-electron chi connectivity index (χ0n) is 9.86. The summed E-state index contributed by atoms with van der Waals surface area (Å²) in [6.07, 6.45) is 1.49. The first-order valence-corrected chi connectivity index (χ1v) is 6.29. The number of carbonyl (C=O) groups excluding carboxylic acids is 1. The molecule has 0 saturated carbocycles. The van der Waals surface area contributed by atoms with Crippen LogP contribution in [0.4, 0.5) is 10.1 Å². The standard InChI is InChI=1S/C13H11BrFN3O/c14-11-2-1-9(15)5-8(11)7-18-10-3-4-17-12(6-10)13(16)19/h1-6H,7H2,(H2,16,19)(H,17,18). The van der Waals surface area contributed by atoms with Crippen molar-refractivity contribution in [3.63, 3.8) is 0 Å². The molecule has 0 aliphatic heterocycles. The van der Waals surface area contributed by atoms with Crippen molar-refractivity contribution < 1.29 is 9.18 Å². The van der Waals surface area contributed by atoms with Gasteiger partial charge in [-0.3, -0.25) is 9.78 Å². The first kappa shape index (κ1) is 13.5. The number of nitrogens with two attached hydrogens (primary N) is 1. The fourth-order valence-electron chi connectivity index (χ4n) is 1.55. The molecule has 2 aromatic rings. The van der Waals surface area contributed by atoms with E-state index in [1.165, 1.54) is 18.3 Å². The summed E-state index contributed by atoms with van der Waals surface area (Å²) in [5, 5.41) is 3.08. The number of rotatable bonds is 4. The number of benzene rings is 1. The molecule has 1 amide bonds. The summed E-state index contributed by atoms with van der Waals surface area (Å²) in [6.45, 7) is 0.417. The highest BCUT2D eigenvalue weighted by molar-refractivity contribution is 9.10. The maximum atomic E-state index is 13.1. The molecule has 1 aromatic heterocycles. The number of carbonyl (C=O) groups is 1. The topological polar surface area (TPSA) is 68.0 Å². The maximum absolute atomic E-state index is 13.1. The third-order valence-electron chi connectivity index (χ3n) is 2.50. The number of nitrogens with one attached hydrogen (secondary N) is 1. The first-order valence-electron chi connectivity index (χ1n) is 5.50. The fourth-order valence-corrected chi connectivity index (χ4v) is 1.94. The molecular weight excluding hydrogens is 313 g/mol. The van der Waals surface area contributed by atoms with Gasteiger partial charge >= 0.3 is 0 Å². The number of nitrogens with zero attached hydrogens (tertiary/aromatic N) is 1. The van der Waals surface area contributed by atoms with Gasteiger partial charge in [-0.25, -0.2) is 4.39 Å². The van der Waals surface area contributed by atoms with Crippen molar-refractivity contribution in [2.75, 3.05) is 5.32 Å². The van der Waals surface area contributed by atoms with Crippen molar-refractivity contribution in [1.29, 1.82) is 0 Å². The predicted octanol–water partition coefficient (Wildman–Crippen LogP) is 2.69. The van der Waals surface area contributed by atoms with Crippen LogP contribution < -0.4 is 11.1 Å². The van der Waals surface area contributed by atoms with Crippen molar-refractivity contribution in [2.24, 2.45) is 5.73 Å². The SMILES string of the molecule is NC(=O)c1cc(NCc2cc(F)ccc2Br)ccn1. The van der Waals surface area contributed by atoms with Crippen molar-refractivity contribution in [1.82, 2.24) is 4.98 Å². The zero-order chi connectivity index (χ0) is 13.8. The van der Waals surface area contributed by atoms with E-state index < -0.39 is 5.91 Å². The lowest BCUT2D eigenvalue weighted by Gasteiger charge is -2.09. The summed E-state index contributed by atoms with van der Waals surface area (Å²) in [5.74, 6) is -0.886. The molecule has 0 atom stereocenters. The summed E-state index contributed by atoms with van der Waals surface area (Å²) in [7, 11) is 0. The Morgan fingerprint density at radius 1 is 1.37 bits per heavy atom. The number of anilines is 1. The van der Waals surface area contributed by atoms with Gasteiger partial charge in [0.25, 0.3) is 5.91 Å². The Morgan fingerprint density at radius 3 is 2.89 bits per heavy atom. The van der Waals surface area contributed by atoms with E-state index >= 15 is 0 Å². The number of primary amides is 1. The third-order valence-corrected chi connectivity index (χ3v) is 3.28. The molecule has 0 bridgehead atoms. The normalized spacial score (nSPS) is 10.2. The Labute approximate surface area is 118 Å². The van der Waals surface area contributed by atoms with Crippen LogP contribution in [0, 0.1) is 5.82 Å². The van der Waals surface area contributed by atoms with E-state index in [1.54, 1.807) is 18.2 Å². The Balaban J connectivity index is 2.12. The molecule has 0 aliphatic rings. The largest absolute Gasteiger partial charge is 0.381 e. The van der Waals surface area contributed by atoms with E-state index in [-0.39, 0.29) is 11.5 Å². The van der Waals surface area contributed by atoms with Gasteiger partial charge in [0.1, 0.15) is 11.5 Å². The van der Waals surface area contributed by atoms with E-state index in [2.05, 4.69) is 26.2 Å². The molecule has 98 valence electrons. The summed E-state index contributed by atoms with van der Waals surface area (Å²) in [5.41, 5.74) is 6.80. The van der Waals surface area contributed by atoms with Gasteiger partial charge in [-0.1, -0.05) is 15.9 Å². The fraction of sp³-hybridized carbons (Fsp3) is 0.0769. The molecule has 4 nitrogen and oxygen atoms in total. The molecule has 0 saturated heterocycles. The summed E-state index contributed by atoms with van der Waals surface area (Å²) in [4.78, 5) is 14.8. The minimum Gasteiger partial charge on any atom is -0.381 e. The zero-order valence-corrected chi connectivity index (χ0v) is 11.4. The van der Waals surface area contributed by atoms with Gasteiger partial charge in [0.05, 0.1) is 0 Å². The Bertz CT molecular complexity index is 619. The minimum absolute atomic E-state index is 0.184. The molecule has 0 spiro atoms. The van der Waals surface area contributed by atoms with Crippen LogP contribution in [0.3, 0.4) is 0 Å². The quantitative estimate of drug-likeness (QED) is 0.909. The number of amides is 1. The van der Waals surface area contributed by atoms with Crippen LogP contribution in [0.25, 0.3) is 0 Å².